The number of rotatable bonds is 6. The molecule has 0 spiro atoms. The summed E-state index contributed by atoms with van der Waals surface area (Å²) in [6.07, 6.45) is -8.44. The summed E-state index contributed by atoms with van der Waals surface area (Å²) in [4.78, 5) is 17.8. The van der Waals surface area contributed by atoms with Crippen molar-refractivity contribution in [2.45, 2.75) is 31.9 Å². The fourth-order valence-corrected chi connectivity index (χ4v) is 4.52. The van der Waals surface area contributed by atoms with E-state index in [-0.39, 0.29) is 24.6 Å². The maximum Gasteiger partial charge on any atom is 0.416 e. The monoisotopic (exact) mass is 548 g/mol. The van der Waals surface area contributed by atoms with Crippen LogP contribution in [0.3, 0.4) is 0 Å². The Morgan fingerprint density at radius 3 is 2.13 bits per heavy atom. The van der Waals surface area contributed by atoms with E-state index in [1.165, 1.54) is 4.90 Å². The normalized spacial score (nSPS) is 13.5. The predicted octanol–water partition coefficient (Wildman–Crippen LogP) is 6.75. The fraction of sp³-hybridized carbons (Fsp3) is 0.250. The third-order valence-corrected chi connectivity index (χ3v) is 6.37. The highest BCUT2D eigenvalue weighted by atomic mass is 19.4. The summed E-state index contributed by atoms with van der Waals surface area (Å²) in [6.45, 7) is 0.154. The van der Waals surface area contributed by atoms with E-state index in [4.69, 9.17) is 9.47 Å². The Hall–Kier alpha value is -4.15. The van der Waals surface area contributed by atoms with Crippen LogP contribution < -0.4 is 9.47 Å². The number of halogens is 6. The first-order valence-electron chi connectivity index (χ1n) is 12.0. The maximum atomic E-state index is 13.5. The second-order valence-electron chi connectivity index (χ2n) is 9.18. The van der Waals surface area contributed by atoms with Crippen LogP contribution in [0.4, 0.5) is 26.3 Å². The standard InChI is InChI=1S/C28H22F6N2O3/c29-27(30,31)20-9-18(10-21(13-20)28(32,33)34)16-36(15-17-5-6-24-25(11-17)39-8-7-38-24)26(37)12-19-14-35-23-4-2-1-3-22(19)23/h1-6,9-11,13-14,35H,7-8,12,15-16H2. The van der Waals surface area contributed by atoms with Gasteiger partial charge in [-0.05, 0) is 53.1 Å². The summed E-state index contributed by atoms with van der Waals surface area (Å²) in [7, 11) is 0. The zero-order valence-electron chi connectivity index (χ0n) is 20.3. The van der Waals surface area contributed by atoms with Crippen LogP contribution in [0.2, 0.25) is 0 Å². The molecule has 2 heterocycles. The number of H-pyrrole nitrogens is 1. The van der Waals surface area contributed by atoms with Crippen molar-refractivity contribution in [3.05, 3.63) is 94.7 Å². The van der Waals surface area contributed by atoms with Crippen LogP contribution in [0.1, 0.15) is 27.8 Å². The van der Waals surface area contributed by atoms with E-state index in [1.54, 1.807) is 30.5 Å². The van der Waals surface area contributed by atoms with Crippen molar-refractivity contribution in [1.82, 2.24) is 9.88 Å². The van der Waals surface area contributed by atoms with Crippen molar-refractivity contribution in [3.63, 3.8) is 0 Å². The van der Waals surface area contributed by atoms with Crippen LogP contribution in [0, 0.1) is 0 Å². The van der Waals surface area contributed by atoms with Crippen molar-refractivity contribution in [1.29, 1.82) is 0 Å². The zero-order valence-corrected chi connectivity index (χ0v) is 20.3. The molecule has 0 saturated heterocycles. The van der Waals surface area contributed by atoms with Gasteiger partial charge in [-0.1, -0.05) is 24.3 Å². The van der Waals surface area contributed by atoms with Crippen LogP contribution in [0.25, 0.3) is 10.9 Å². The molecule has 0 saturated carbocycles. The Balaban J connectivity index is 1.49. The number of carbonyl (C=O) groups excluding carboxylic acids is 1. The lowest BCUT2D eigenvalue weighted by atomic mass is 10.0. The van der Waals surface area contributed by atoms with E-state index in [2.05, 4.69) is 4.98 Å². The number of carbonyl (C=O) groups is 1. The number of ether oxygens (including phenoxy) is 2. The lowest BCUT2D eigenvalue weighted by molar-refractivity contribution is -0.143. The summed E-state index contributed by atoms with van der Waals surface area (Å²) >= 11 is 0. The van der Waals surface area contributed by atoms with Gasteiger partial charge in [-0.2, -0.15) is 26.3 Å². The van der Waals surface area contributed by atoms with E-state index in [0.717, 1.165) is 10.9 Å². The Kier molecular flexibility index (Phi) is 6.92. The highest BCUT2D eigenvalue weighted by Gasteiger charge is 2.37. The fourth-order valence-electron chi connectivity index (χ4n) is 4.52. The number of nitrogens with zero attached hydrogens (tertiary/aromatic N) is 1. The molecule has 0 unspecified atom stereocenters. The number of hydrogen-bond acceptors (Lipinski definition) is 3. The van der Waals surface area contributed by atoms with Gasteiger partial charge in [-0.15, -0.1) is 0 Å². The first-order valence-corrected chi connectivity index (χ1v) is 12.0. The Morgan fingerprint density at radius 2 is 1.44 bits per heavy atom. The second-order valence-corrected chi connectivity index (χ2v) is 9.18. The van der Waals surface area contributed by atoms with Crippen LogP contribution in [-0.4, -0.2) is 29.0 Å². The molecular weight excluding hydrogens is 526 g/mol. The molecule has 0 atom stereocenters. The molecule has 0 bridgehead atoms. The van der Waals surface area contributed by atoms with Crippen molar-refractivity contribution in [3.8, 4) is 11.5 Å². The van der Waals surface area contributed by atoms with Crippen LogP contribution in [0.5, 0.6) is 11.5 Å². The van der Waals surface area contributed by atoms with Gasteiger partial charge in [-0.25, -0.2) is 0 Å². The van der Waals surface area contributed by atoms with Crippen molar-refractivity contribution in [2.24, 2.45) is 0 Å². The molecule has 204 valence electrons. The summed E-state index contributed by atoms with van der Waals surface area (Å²) in [5, 5.41) is 0.795. The quantitative estimate of drug-likeness (QED) is 0.271. The first-order chi connectivity index (χ1) is 18.5. The van der Waals surface area contributed by atoms with Gasteiger partial charge in [0.25, 0.3) is 0 Å². The largest absolute Gasteiger partial charge is 0.486 e. The van der Waals surface area contributed by atoms with E-state index in [1.807, 2.05) is 18.2 Å². The minimum atomic E-state index is -5.00. The summed E-state index contributed by atoms with van der Waals surface area (Å²) in [5.74, 6) is 0.483. The number of nitrogens with one attached hydrogen (secondary N) is 1. The van der Waals surface area contributed by atoms with E-state index in [0.29, 0.717) is 48.0 Å². The van der Waals surface area contributed by atoms with Gasteiger partial charge < -0.3 is 19.4 Å². The van der Waals surface area contributed by atoms with E-state index < -0.39 is 35.9 Å². The minimum absolute atomic E-state index is 0.0718. The molecule has 1 aliphatic rings. The average molecular weight is 548 g/mol. The number of fused-ring (bicyclic) bond motifs is 2. The SMILES string of the molecule is O=C(Cc1c[nH]c2ccccc12)N(Cc1cc(C(F)(F)F)cc(C(F)(F)F)c1)Cc1ccc2c(c1)OCCO2. The molecule has 11 heteroatoms. The van der Waals surface area contributed by atoms with Crippen LogP contribution in [-0.2, 0) is 36.7 Å². The van der Waals surface area contributed by atoms with Crippen molar-refractivity contribution in [2.75, 3.05) is 13.2 Å². The number of benzene rings is 3. The molecule has 1 aromatic heterocycles. The molecule has 5 nitrogen and oxygen atoms in total. The number of alkyl halides is 6. The maximum absolute atomic E-state index is 13.5. The van der Waals surface area contributed by atoms with Crippen molar-refractivity contribution >= 4 is 16.8 Å². The topological polar surface area (TPSA) is 54.6 Å². The summed E-state index contributed by atoms with van der Waals surface area (Å²) in [6, 6.07) is 13.6. The molecule has 1 amide bonds. The van der Waals surface area contributed by atoms with Gasteiger partial charge in [0.1, 0.15) is 13.2 Å². The second kappa shape index (κ2) is 10.2. The van der Waals surface area contributed by atoms with E-state index in [9.17, 15) is 31.1 Å². The van der Waals surface area contributed by atoms with Gasteiger partial charge in [0.2, 0.25) is 5.91 Å². The third kappa shape index (κ3) is 5.97. The molecule has 0 aliphatic carbocycles. The lowest BCUT2D eigenvalue weighted by Crippen LogP contribution is -2.31. The molecule has 1 aliphatic heterocycles. The molecule has 3 aromatic carbocycles. The molecule has 0 fully saturated rings. The molecule has 0 radical (unpaired) electrons. The molecule has 1 N–H and O–H groups in total. The van der Waals surface area contributed by atoms with Gasteiger partial charge in [0.05, 0.1) is 17.5 Å². The molecule has 39 heavy (non-hydrogen) atoms. The summed E-state index contributed by atoms with van der Waals surface area (Å²) < 4.78 is 91.9. The molecule has 4 aromatic rings. The Morgan fingerprint density at radius 1 is 0.795 bits per heavy atom. The average Bonchev–Trinajstić information content (AvgIpc) is 3.29. The number of aromatic amines is 1. The molecular formula is C28H22F6N2O3. The Bertz CT molecular complexity index is 1480. The van der Waals surface area contributed by atoms with Gasteiger partial charge in [-0.3, -0.25) is 4.79 Å². The highest BCUT2D eigenvalue weighted by Crippen LogP contribution is 2.37. The predicted molar refractivity (Wildman–Crippen MR) is 130 cm³/mol. The summed E-state index contributed by atoms with van der Waals surface area (Å²) in [5.41, 5.74) is -1.13. The number of hydrogen-bond donors (Lipinski definition) is 1. The van der Waals surface area contributed by atoms with Gasteiger partial charge in [0, 0.05) is 30.2 Å². The highest BCUT2D eigenvalue weighted by molar-refractivity contribution is 5.88. The first kappa shape index (κ1) is 26.5. The number of aromatic nitrogens is 1. The number of amides is 1. The number of para-hydroxylation sites is 1. The smallest absolute Gasteiger partial charge is 0.416 e. The van der Waals surface area contributed by atoms with Crippen LogP contribution in [0.15, 0.2) is 66.9 Å². The van der Waals surface area contributed by atoms with Gasteiger partial charge in [0.15, 0.2) is 11.5 Å². The third-order valence-electron chi connectivity index (χ3n) is 6.37. The lowest BCUT2D eigenvalue weighted by Gasteiger charge is -2.25. The molecule has 5 rings (SSSR count). The minimum Gasteiger partial charge on any atom is -0.486 e. The van der Waals surface area contributed by atoms with Crippen LogP contribution >= 0.6 is 0 Å². The zero-order chi connectivity index (χ0) is 27.8. The van der Waals surface area contributed by atoms with Crippen molar-refractivity contribution < 1.29 is 40.6 Å². The Labute approximate surface area is 218 Å². The van der Waals surface area contributed by atoms with Gasteiger partial charge >= 0.3 is 12.4 Å². The van der Waals surface area contributed by atoms with E-state index >= 15 is 0 Å².